The summed E-state index contributed by atoms with van der Waals surface area (Å²) in [6, 6.07) is 4.69. The first-order valence-corrected chi connectivity index (χ1v) is 5.82. The van der Waals surface area contributed by atoms with E-state index >= 15 is 0 Å². The van der Waals surface area contributed by atoms with Gasteiger partial charge in [0.2, 0.25) is 0 Å². The van der Waals surface area contributed by atoms with Crippen LogP contribution in [0.2, 0.25) is 0 Å². The highest BCUT2D eigenvalue weighted by Crippen LogP contribution is 2.25. The van der Waals surface area contributed by atoms with Crippen LogP contribution in [0, 0.1) is 5.82 Å². The Hall–Kier alpha value is -1.09. The van der Waals surface area contributed by atoms with Crippen LogP contribution in [0.25, 0.3) is 0 Å². The molecule has 0 aliphatic rings. The molecule has 0 heterocycles. The van der Waals surface area contributed by atoms with Crippen LogP contribution in [0.1, 0.15) is 38.3 Å². The van der Waals surface area contributed by atoms with E-state index in [-0.39, 0.29) is 11.9 Å². The van der Waals surface area contributed by atoms with Crippen molar-refractivity contribution in [1.82, 2.24) is 0 Å². The number of nitrogens with two attached hydrogens (primary N) is 1. The Morgan fingerprint density at radius 1 is 1.44 bits per heavy atom. The van der Waals surface area contributed by atoms with E-state index in [2.05, 4.69) is 11.8 Å². The highest BCUT2D eigenvalue weighted by atomic mass is 19.1. The third-order valence-corrected chi connectivity index (χ3v) is 2.74. The van der Waals surface area contributed by atoms with Gasteiger partial charge in [-0.1, -0.05) is 13.3 Å². The molecular weight excluding hydrogens is 203 g/mol. The fourth-order valence-electron chi connectivity index (χ4n) is 1.75. The van der Waals surface area contributed by atoms with Crippen molar-refractivity contribution in [3.63, 3.8) is 0 Å². The second-order valence-electron chi connectivity index (χ2n) is 4.27. The maximum absolute atomic E-state index is 13.1. The third-order valence-electron chi connectivity index (χ3n) is 2.74. The summed E-state index contributed by atoms with van der Waals surface area (Å²) in [5, 5.41) is 0. The summed E-state index contributed by atoms with van der Waals surface area (Å²) >= 11 is 0. The van der Waals surface area contributed by atoms with E-state index in [1.54, 1.807) is 0 Å². The Labute approximate surface area is 97.3 Å². The molecule has 0 saturated carbocycles. The van der Waals surface area contributed by atoms with E-state index in [0.717, 1.165) is 30.6 Å². The zero-order chi connectivity index (χ0) is 12.1. The molecule has 2 nitrogen and oxygen atoms in total. The van der Waals surface area contributed by atoms with Crippen LogP contribution in [0.3, 0.4) is 0 Å². The van der Waals surface area contributed by atoms with Gasteiger partial charge in [-0.25, -0.2) is 4.39 Å². The second-order valence-corrected chi connectivity index (χ2v) is 4.27. The lowest BCUT2D eigenvalue weighted by molar-refractivity contribution is 0.621. The van der Waals surface area contributed by atoms with Gasteiger partial charge in [-0.15, -0.1) is 0 Å². The Morgan fingerprint density at radius 3 is 2.69 bits per heavy atom. The van der Waals surface area contributed by atoms with Crippen molar-refractivity contribution in [3.05, 3.63) is 29.6 Å². The molecule has 0 saturated heterocycles. The van der Waals surface area contributed by atoms with Crippen molar-refractivity contribution in [2.45, 2.75) is 32.7 Å². The summed E-state index contributed by atoms with van der Waals surface area (Å²) in [6.07, 6.45) is 2.28. The predicted octanol–water partition coefficient (Wildman–Crippen LogP) is 3.08. The first-order chi connectivity index (χ1) is 7.56. The maximum Gasteiger partial charge on any atom is 0.123 e. The summed E-state index contributed by atoms with van der Waals surface area (Å²) in [7, 11) is 2.02. The van der Waals surface area contributed by atoms with Crippen molar-refractivity contribution < 1.29 is 4.39 Å². The largest absolute Gasteiger partial charge is 0.374 e. The van der Waals surface area contributed by atoms with Crippen LogP contribution in [0.4, 0.5) is 10.1 Å². The summed E-state index contributed by atoms with van der Waals surface area (Å²) in [6.45, 7) is 5.01. The van der Waals surface area contributed by atoms with E-state index < -0.39 is 0 Å². The van der Waals surface area contributed by atoms with Gasteiger partial charge in [-0.05, 0) is 37.1 Å². The molecule has 0 bridgehead atoms. The molecule has 0 radical (unpaired) electrons. The zero-order valence-electron chi connectivity index (χ0n) is 10.3. The van der Waals surface area contributed by atoms with Gasteiger partial charge in [-0.2, -0.15) is 0 Å². The first kappa shape index (κ1) is 13.0. The number of rotatable bonds is 5. The van der Waals surface area contributed by atoms with Crippen molar-refractivity contribution in [2.75, 3.05) is 18.5 Å². The smallest absolute Gasteiger partial charge is 0.123 e. The molecule has 0 fully saturated rings. The highest BCUT2D eigenvalue weighted by Gasteiger charge is 2.11. The molecule has 0 aliphatic heterocycles. The van der Waals surface area contributed by atoms with E-state index in [1.807, 2.05) is 20.0 Å². The molecule has 1 atom stereocenters. The SMILES string of the molecule is CCCCN(C)c1ccc(F)cc1[C@H](C)N. The molecule has 0 unspecified atom stereocenters. The van der Waals surface area contributed by atoms with Crippen LogP contribution in [0.5, 0.6) is 0 Å². The van der Waals surface area contributed by atoms with E-state index in [0.29, 0.717) is 0 Å². The fraction of sp³-hybridized carbons (Fsp3) is 0.538. The van der Waals surface area contributed by atoms with Crippen LogP contribution in [0.15, 0.2) is 18.2 Å². The van der Waals surface area contributed by atoms with Crippen molar-refractivity contribution in [1.29, 1.82) is 0 Å². The Balaban J connectivity index is 2.93. The fourth-order valence-corrected chi connectivity index (χ4v) is 1.75. The number of hydrogen-bond acceptors (Lipinski definition) is 2. The first-order valence-electron chi connectivity index (χ1n) is 5.82. The van der Waals surface area contributed by atoms with Gasteiger partial charge in [-0.3, -0.25) is 0 Å². The molecular formula is C13H21FN2. The van der Waals surface area contributed by atoms with Gasteiger partial charge in [0.25, 0.3) is 0 Å². The van der Waals surface area contributed by atoms with Gasteiger partial charge in [0.15, 0.2) is 0 Å². The lowest BCUT2D eigenvalue weighted by Gasteiger charge is -2.23. The maximum atomic E-state index is 13.1. The molecule has 1 aromatic carbocycles. The number of benzene rings is 1. The number of nitrogens with zero attached hydrogens (tertiary/aromatic N) is 1. The lowest BCUT2D eigenvalue weighted by Crippen LogP contribution is -2.21. The normalized spacial score (nSPS) is 12.6. The van der Waals surface area contributed by atoms with Crippen LogP contribution >= 0.6 is 0 Å². The topological polar surface area (TPSA) is 29.3 Å². The number of unbranched alkanes of at least 4 members (excludes halogenated alkanes) is 1. The quantitative estimate of drug-likeness (QED) is 0.832. The Kier molecular flexibility index (Phi) is 4.74. The minimum atomic E-state index is -0.222. The summed E-state index contributed by atoms with van der Waals surface area (Å²) in [4.78, 5) is 2.14. The summed E-state index contributed by atoms with van der Waals surface area (Å²) in [5.41, 5.74) is 7.76. The highest BCUT2D eigenvalue weighted by molar-refractivity contribution is 5.54. The molecule has 0 aliphatic carbocycles. The molecule has 90 valence electrons. The standard InChI is InChI=1S/C13H21FN2/c1-4-5-8-16(3)13-7-6-11(14)9-12(13)10(2)15/h6-7,9-10H,4-5,8,15H2,1-3H3/t10-/m0/s1. The zero-order valence-corrected chi connectivity index (χ0v) is 10.3. The van der Waals surface area contributed by atoms with E-state index in [4.69, 9.17) is 5.73 Å². The molecule has 0 aromatic heterocycles. The molecule has 1 aromatic rings. The number of anilines is 1. The Morgan fingerprint density at radius 2 is 2.12 bits per heavy atom. The average Bonchev–Trinajstić information content (AvgIpc) is 2.25. The van der Waals surface area contributed by atoms with Crippen molar-refractivity contribution in [3.8, 4) is 0 Å². The predicted molar refractivity (Wildman–Crippen MR) is 67.2 cm³/mol. The lowest BCUT2D eigenvalue weighted by atomic mass is 10.1. The van der Waals surface area contributed by atoms with Gasteiger partial charge >= 0.3 is 0 Å². The van der Waals surface area contributed by atoms with E-state index in [1.165, 1.54) is 12.1 Å². The summed E-state index contributed by atoms with van der Waals surface area (Å²) in [5.74, 6) is -0.222. The molecule has 3 heteroatoms. The second kappa shape index (κ2) is 5.85. The summed E-state index contributed by atoms with van der Waals surface area (Å²) < 4.78 is 13.1. The molecule has 16 heavy (non-hydrogen) atoms. The Bertz CT molecular complexity index is 337. The third kappa shape index (κ3) is 3.20. The minimum absolute atomic E-state index is 0.144. The number of hydrogen-bond donors (Lipinski definition) is 1. The van der Waals surface area contributed by atoms with Gasteiger partial charge in [0.1, 0.15) is 5.82 Å². The minimum Gasteiger partial charge on any atom is -0.374 e. The molecule has 0 amide bonds. The van der Waals surface area contributed by atoms with Gasteiger partial charge in [0.05, 0.1) is 0 Å². The van der Waals surface area contributed by atoms with Crippen molar-refractivity contribution in [2.24, 2.45) is 5.73 Å². The van der Waals surface area contributed by atoms with E-state index in [9.17, 15) is 4.39 Å². The molecule has 1 rings (SSSR count). The average molecular weight is 224 g/mol. The van der Waals surface area contributed by atoms with Crippen molar-refractivity contribution >= 4 is 5.69 Å². The monoisotopic (exact) mass is 224 g/mol. The van der Waals surface area contributed by atoms with Crippen LogP contribution in [-0.2, 0) is 0 Å². The van der Waals surface area contributed by atoms with Crippen LogP contribution < -0.4 is 10.6 Å². The molecule has 0 spiro atoms. The molecule has 2 N–H and O–H groups in total. The van der Waals surface area contributed by atoms with Crippen LogP contribution in [-0.4, -0.2) is 13.6 Å². The number of halogens is 1. The van der Waals surface area contributed by atoms with Gasteiger partial charge in [0, 0.05) is 25.3 Å². The van der Waals surface area contributed by atoms with Gasteiger partial charge < -0.3 is 10.6 Å².